The Bertz CT molecular complexity index is 1040. The van der Waals surface area contributed by atoms with Crippen LogP contribution in [0, 0.1) is 13.8 Å². The number of hydrogen-bond donors (Lipinski definition) is 3. The minimum atomic E-state index is -4.62. The molecule has 0 saturated carbocycles. The van der Waals surface area contributed by atoms with Crippen LogP contribution in [0.3, 0.4) is 0 Å². The molecule has 11 heteroatoms. The molecule has 3 heterocycles. The van der Waals surface area contributed by atoms with Gasteiger partial charge in [0.1, 0.15) is 29.2 Å². The fourth-order valence-corrected chi connectivity index (χ4v) is 4.00. The molecular formula is C20H20F3N5O3. The largest absolute Gasteiger partial charge is 0.406 e. The lowest BCUT2D eigenvalue weighted by Crippen LogP contribution is -2.56. The van der Waals surface area contributed by atoms with Crippen LogP contribution in [0.25, 0.3) is 0 Å². The number of carbonyl (C=O) groups is 2. The first-order chi connectivity index (χ1) is 14.6. The fraction of sp³-hybridized carbons (Fsp3) is 0.350. The highest BCUT2D eigenvalue weighted by Crippen LogP contribution is 2.41. The second-order valence-corrected chi connectivity index (χ2v) is 7.50. The van der Waals surface area contributed by atoms with Crippen LogP contribution in [0.2, 0.25) is 0 Å². The van der Waals surface area contributed by atoms with E-state index in [4.69, 9.17) is 4.52 Å². The number of carbonyl (C=O) groups excluding carboxylic acids is 2. The molecule has 1 aromatic carbocycles. The number of nitrogens with zero attached hydrogens (tertiary/aromatic N) is 2. The van der Waals surface area contributed by atoms with Gasteiger partial charge >= 0.3 is 6.18 Å². The van der Waals surface area contributed by atoms with Crippen molar-refractivity contribution in [3.63, 3.8) is 0 Å². The van der Waals surface area contributed by atoms with Crippen molar-refractivity contribution in [2.24, 2.45) is 0 Å². The summed E-state index contributed by atoms with van der Waals surface area (Å²) in [5, 5.41) is 10.1. The number of hydrogen-bond acceptors (Lipinski definition) is 6. The summed E-state index contributed by atoms with van der Waals surface area (Å²) < 4.78 is 46.4. The number of rotatable bonds is 3. The van der Waals surface area contributed by atoms with E-state index in [1.807, 2.05) is 0 Å². The molecule has 2 aliphatic heterocycles. The summed E-state index contributed by atoms with van der Waals surface area (Å²) in [7, 11) is 0. The van der Waals surface area contributed by atoms with Crippen LogP contribution in [0.1, 0.15) is 29.9 Å². The number of aromatic nitrogens is 1. The Balaban J connectivity index is 1.68. The molecule has 8 nitrogen and oxygen atoms in total. The van der Waals surface area contributed by atoms with Crippen LogP contribution in [0.4, 0.5) is 18.9 Å². The van der Waals surface area contributed by atoms with Crippen LogP contribution >= 0.6 is 0 Å². The van der Waals surface area contributed by atoms with Gasteiger partial charge in [-0.2, -0.15) is 13.2 Å². The van der Waals surface area contributed by atoms with E-state index in [0.29, 0.717) is 22.7 Å². The van der Waals surface area contributed by atoms with Crippen molar-refractivity contribution in [3.8, 4) is 0 Å². The summed E-state index contributed by atoms with van der Waals surface area (Å²) in [6.45, 7) is 4.69. The van der Waals surface area contributed by atoms with Crippen LogP contribution in [0.5, 0.6) is 0 Å². The van der Waals surface area contributed by atoms with E-state index in [2.05, 4.69) is 21.2 Å². The molecule has 4 rings (SSSR count). The molecule has 1 fully saturated rings. The Labute approximate surface area is 175 Å². The molecule has 3 unspecified atom stereocenters. The Morgan fingerprint density at radius 3 is 2.45 bits per heavy atom. The monoisotopic (exact) mass is 435 g/mol. The van der Waals surface area contributed by atoms with Crippen molar-refractivity contribution >= 4 is 17.5 Å². The summed E-state index contributed by atoms with van der Waals surface area (Å²) in [4.78, 5) is 25.9. The van der Waals surface area contributed by atoms with Crippen LogP contribution in [-0.4, -0.2) is 40.4 Å². The van der Waals surface area contributed by atoms with Gasteiger partial charge in [-0.25, -0.2) is 10.4 Å². The molecule has 164 valence electrons. The molecule has 31 heavy (non-hydrogen) atoms. The molecule has 1 saturated heterocycles. The topological polar surface area (TPSA) is 99.5 Å². The van der Waals surface area contributed by atoms with Gasteiger partial charge in [-0.15, -0.1) is 0 Å². The van der Waals surface area contributed by atoms with Gasteiger partial charge in [0.25, 0.3) is 11.8 Å². The highest BCUT2D eigenvalue weighted by Gasteiger charge is 2.58. The molecule has 3 N–H and O–H groups in total. The second kappa shape index (κ2) is 7.41. The number of aryl methyl sites for hydroxylation is 2. The van der Waals surface area contributed by atoms with Crippen molar-refractivity contribution in [2.75, 3.05) is 5.32 Å². The van der Waals surface area contributed by atoms with Gasteiger partial charge in [-0.1, -0.05) is 35.5 Å². The third-order valence-corrected chi connectivity index (χ3v) is 5.46. The van der Waals surface area contributed by atoms with Gasteiger partial charge in [0.15, 0.2) is 5.76 Å². The zero-order valence-electron chi connectivity index (χ0n) is 16.9. The number of alkyl halides is 3. The SMILES string of the molecule is CC1=C(C(=O)Nc2c(C)noc2C)C(=O)N2NC(C(F)(F)F)C(c3ccccc3)C2N1. The number of anilines is 1. The van der Waals surface area contributed by atoms with E-state index in [1.54, 1.807) is 44.2 Å². The van der Waals surface area contributed by atoms with Crippen molar-refractivity contribution in [2.45, 2.75) is 45.1 Å². The van der Waals surface area contributed by atoms with Crippen molar-refractivity contribution < 1.29 is 27.3 Å². The van der Waals surface area contributed by atoms with Gasteiger partial charge in [0, 0.05) is 5.70 Å². The van der Waals surface area contributed by atoms with E-state index in [9.17, 15) is 22.8 Å². The van der Waals surface area contributed by atoms with Crippen LogP contribution in [-0.2, 0) is 9.59 Å². The first kappa shape index (κ1) is 20.9. The maximum absolute atomic E-state index is 13.8. The average Bonchev–Trinajstić information content (AvgIpc) is 3.24. The molecule has 0 bridgehead atoms. The summed E-state index contributed by atoms with van der Waals surface area (Å²) in [5.41, 5.74) is 3.30. The van der Waals surface area contributed by atoms with Crippen LogP contribution in [0.15, 0.2) is 46.1 Å². The lowest BCUT2D eigenvalue weighted by Gasteiger charge is -2.34. The maximum Gasteiger partial charge on any atom is 0.406 e. The van der Waals surface area contributed by atoms with Crippen LogP contribution < -0.4 is 16.1 Å². The molecule has 0 spiro atoms. The predicted molar refractivity (Wildman–Crippen MR) is 103 cm³/mol. The standard InChI is InChI=1S/C20H20F3N5O3/c1-9-13(18(29)25-15-10(2)27-31-11(15)3)19(30)28-17(24-9)14(12-7-5-4-6-8-12)16(26-28)20(21,22)23/h4-8,14,16-17,24,26H,1-3H3,(H,25,29). The Hall–Kier alpha value is -3.34. The average molecular weight is 435 g/mol. The van der Waals surface area contributed by atoms with Crippen molar-refractivity contribution in [1.29, 1.82) is 0 Å². The molecule has 0 aliphatic carbocycles. The fourth-order valence-electron chi connectivity index (χ4n) is 4.00. The van der Waals surface area contributed by atoms with Gasteiger partial charge in [-0.3, -0.25) is 9.59 Å². The molecular weight excluding hydrogens is 415 g/mol. The van der Waals surface area contributed by atoms with Gasteiger partial charge in [0.05, 0.1) is 5.92 Å². The summed E-state index contributed by atoms with van der Waals surface area (Å²) in [6, 6.07) is 6.14. The van der Waals surface area contributed by atoms with Crippen molar-refractivity contribution in [1.82, 2.24) is 20.9 Å². The lowest BCUT2D eigenvalue weighted by atomic mass is 9.89. The Morgan fingerprint density at radius 1 is 1.19 bits per heavy atom. The molecule has 2 aliphatic rings. The van der Waals surface area contributed by atoms with E-state index >= 15 is 0 Å². The zero-order chi connectivity index (χ0) is 22.5. The minimum absolute atomic E-state index is 0.182. The number of allylic oxidation sites excluding steroid dienone is 1. The maximum atomic E-state index is 13.8. The van der Waals surface area contributed by atoms with E-state index in [0.717, 1.165) is 5.01 Å². The Kier molecular flexibility index (Phi) is 5.00. The number of nitrogens with one attached hydrogen (secondary N) is 3. The van der Waals surface area contributed by atoms with E-state index in [-0.39, 0.29) is 11.3 Å². The normalized spacial score (nSPS) is 23.6. The third-order valence-electron chi connectivity index (χ3n) is 5.46. The van der Waals surface area contributed by atoms with E-state index < -0.39 is 36.1 Å². The molecule has 0 radical (unpaired) electrons. The Morgan fingerprint density at radius 2 is 1.87 bits per heavy atom. The number of fused-ring (bicyclic) bond motifs is 1. The highest BCUT2D eigenvalue weighted by atomic mass is 19.4. The number of halogens is 3. The van der Waals surface area contributed by atoms with Gasteiger partial charge < -0.3 is 15.2 Å². The number of hydrazine groups is 1. The quantitative estimate of drug-likeness (QED) is 0.641. The minimum Gasteiger partial charge on any atom is -0.366 e. The highest BCUT2D eigenvalue weighted by molar-refractivity contribution is 6.23. The number of benzene rings is 1. The molecule has 1 aromatic heterocycles. The molecule has 2 amide bonds. The molecule has 3 atom stereocenters. The first-order valence-corrected chi connectivity index (χ1v) is 9.52. The predicted octanol–water partition coefficient (Wildman–Crippen LogP) is 2.49. The lowest BCUT2D eigenvalue weighted by molar-refractivity contribution is -0.161. The first-order valence-electron chi connectivity index (χ1n) is 9.52. The van der Waals surface area contributed by atoms with Gasteiger partial charge in [0.2, 0.25) is 0 Å². The van der Waals surface area contributed by atoms with Crippen molar-refractivity contribution in [3.05, 3.63) is 58.6 Å². The summed E-state index contributed by atoms with van der Waals surface area (Å²) in [6.07, 6.45) is -5.63. The number of amides is 2. The second-order valence-electron chi connectivity index (χ2n) is 7.50. The zero-order valence-corrected chi connectivity index (χ0v) is 16.9. The summed E-state index contributed by atoms with van der Waals surface area (Å²) in [5.74, 6) is -2.37. The third kappa shape index (κ3) is 3.54. The summed E-state index contributed by atoms with van der Waals surface area (Å²) >= 11 is 0. The molecule has 2 aromatic rings. The van der Waals surface area contributed by atoms with Gasteiger partial charge in [-0.05, 0) is 26.3 Å². The smallest absolute Gasteiger partial charge is 0.366 e. The van der Waals surface area contributed by atoms with E-state index in [1.165, 1.54) is 6.92 Å².